The fourth-order valence-corrected chi connectivity index (χ4v) is 1.78. The fourth-order valence-electron chi connectivity index (χ4n) is 1.78. The third-order valence-electron chi connectivity index (χ3n) is 2.68. The molecule has 0 bridgehead atoms. The van der Waals surface area contributed by atoms with Gasteiger partial charge in [0.1, 0.15) is 5.56 Å². The molecule has 6 heteroatoms. The molecule has 0 fully saturated rings. The molecule has 0 unspecified atom stereocenters. The number of ether oxygens (including phenoxy) is 1. The minimum atomic E-state index is -0.626. The largest absolute Gasteiger partial charge is 0.490 e. The lowest BCUT2D eigenvalue weighted by Gasteiger charge is -2.08. The van der Waals surface area contributed by atoms with Crippen LogP contribution in [-0.4, -0.2) is 17.9 Å². The molecular weight excluding hydrogens is 260 g/mol. The third kappa shape index (κ3) is 2.74. The van der Waals surface area contributed by atoms with Crippen molar-refractivity contribution in [2.24, 2.45) is 0 Å². The number of nitro benzene ring substituents is 1. The molecule has 6 nitrogen and oxygen atoms in total. The van der Waals surface area contributed by atoms with Gasteiger partial charge in [-0.15, -0.1) is 0 Å². The summed E-state index contributed by atoms with van der Waals surface area (Å²) in [5.74, 6) is -0.502. The highest BCUT2D eigenvalue weighted by atomic mass is 16.6. The number of carbonyl (C=O) groups excluding carboxylic acids is 1. The predicted molar refractivity (Wildman–Crippen MR) is 74.0 cm³/mol. The minimum absolute atomic E-state index is 0.0433. The van der Waals surface area contributed by atoms with E-state index in [2.05, 4.69) is 5.32 Å². The highest BCUT2D eigenvalue weighted by molar-refractivity contribution is 6.07. The lowest BCUT2D eigenvalue weighted by Crippen LogP contribution is -2.14. The molecule has 20 heavy (non-hydrogen) atoms. The molecule has 0 spiro atoms. The van der Waals surface area contributed by atoms with E-state index >= 15 is 0 Å². The van der Waals surface area contributed by atoms with Crippen molar-refractivity contribution in [2.75, 3.05) is 12.4 Å². The van der Waals surface area contributed by atoms with E-state index in [0.717, 1.165) is 0 Å². The zero-order valence-corrected chi connectivity index (χ0v) is 10.7. The third-order valence-corrected chi connectivity index (χ3v) is 2.68. The van der Waals surface area contributed by atoms with Crippen LogP contribution in [0.25, 0.3) is 0 Å². The summed E-state index contributed by atoms with van der Waals surface area (Å²) < 4.78 is 4.93. The summed E-state index contributed by atoms with van der Waals surface area (Å²) in [5, 5.41) is 13.7. The van der Waals surface area contributed by atoms with Crippen LogP contribution in [0.2, 0.25) is 0 Å². The van der Waals surface area contributed by atoms with Crippen molar-refractivity contribution in [1.29, 1.82) is 0 Å². The summed E-state index contributed by atoms with van der Waals surface area (Å²) in [5.41, 5.74) is 0.177. The van der Waals surface area contributed by atoms with Crippen LogP contribution in [0.1, 0.15) is 10.4 Å². The minimum Gasteiger partial charge on any atom is -0.490 e. The first kappa shape index (κ1) is 13.5. The molecule has 0 atom stereocenters. The Morgan fingerprint density at radius 1 is 1.15 bits per heavy atom. The predicted octanol–water partition coefficient (Wildman–Crippen LogP) is 2.86. The van der Waals surface area contributed by atoms with Crippen LogP contribution in [0.3, 0.4) is 0 Å². The molecule has 0 heterocycles. The highest BCUT2D eigenvalue weighted by Crippen LogP contribution is 2.30. The smallest absolute Gasteiger partial charge is 0.323 e. The molecule has 1 amide bonds. The van der Waals surface area contributed by atoms with Crippen molar-refractivity contribution in [3.63, 3.8) is 0 Å². The van der Waals surface area contributed by atoms with E-state index in [1.807, 2.05) is 6.07 Å². The summed E-state index contributed by atoms with van der Waals surface area (Å²) >= 11 is 0. The standard InChI is InChI=1S/C14H12N2O4/c1-20-12-9-5-8-11(13(12)16(18)19)14(17)15-10-6-3-2-4-7-10/h2-9H,1H3,(H,15,17). The van der Waals surface area contributed by atoms with Gasteiger partial charge in [0.25, 0.3) is 5.91 Å². The van der Waals surface area contributed by atoms with Crippen LogP contribution in [0.5, 0.6) is 5.75 Å². The van der Waals surface area contributed by atoms with Crippen molar-refractivity contribution in [2.45, 2.75) is 0 Å². The van der Waals surface area contributed by atoms with Gasteiger partial charge in [0.05, 0.1) is 12.0 Å². The van der Waals surface area contributed by atoms with Crippen LogP contribution in [0.4, 0.5) is 11.4 Å². The molecule has 0 saturated heterocycles. The second-order valence-corrected chi connectivity index (χ2v) is 3.93. The van der Waals surface area contributed by atoms with Crippen LogP contribution in [0, 0.1) is 10.1 Å². The zero-order valence-electron chi connectivity index (χ0n) is 10.7. The average Bonchev–Trinajstić information content (AvgIpc) is 2.47. The first-order chi connectivity index (χ1) is 9.63. The fraction of sp³-hybridized carbons (Fsp3) is 0.0714. The summed E-state index contributed by atoms with van der Waals surface area (Å²) in [6.45, 7) is 0. The molecule has 2 aromatic carbocycles. The lowest BCUT2D eigenvalue weighted by molar-refractivity contribution is -0.386. The maximum Gasteiger partial charge on any atom is 0.323 e. The lowest BCUT2D eigenvalue weighted by atomic mass is 10.1. The summed E-state index contributed by atoms with van der Waals surface area (Å²) in [7, 11) is 1.32. The molecular formula is C14H12N2O4. The number of benzene rings is 2. The maximum atomic E-state index is 12.1. The number of para-hydroxylation sites is 2. The van der Waals surface area contributed by atoms with Gasteiger partial charge >= 0.3 is 5.69 Å². The second-order valence-electron chi connectivity index (χ2n) is 3.93. The Balaban J connectivity index is 2.37. The van der Waals surface area contributed by atoms with Gasteiger partial charge in [-0.2, -0.15) is 0 Å². The Kier molecular flexibility index (Phi) is 3.95. The van der Waals surface area contributed by atoms with E-state index in [9.17, 15) is 14.9 Å². The number of amides is 1. The molecule has 2 rings (SSSR count). The van der Waals surface area contributed by atoms with Crippen molar-refractivity contribution in [1.82, 2.24) is 0 Å². The van der Waals surface area contributed by atoms with Crippen LogP contribution >= 0.6 is 0 Å². The highest BCUT2D eigenvalue weighted by Gasteiger charge is 2.25. The Labute approximate surface area is 115 Å². The van der Waals surface area contributed by atoms with Gasteiger partial charge in [-0.25, -0.2) is 0 Å². The van der Waals surface area contributed by atoms with Crippen molar-refractivity contribution < 1.29 is 14.5 Å². The van der Waals surface area contributed by atoms with Crippen molar-refractivity contribution >= 4 is 17.3 Å². The van der Waals surface area contributed by atoms with E-state index in [4.69, 9.17) is 4.74 Å². The van der Waals surface area contributed by atoms with Gasteiger partial charge in [0.2, 0.25) is 0 Å². The molecule has 0 saturated carbocycles. The van der Waals surface area contributed by atoms with E-state index in [0.29, 0.717) is 5.69 Å². The van der Waals surface area contributed by atoms with Gasteiger partial charge in [-0.05, 0) is 24.3 Å². The number of nitrogens with one attached hydrogen (secondary N) is 1. The number of carbonyl (C=O) groups is 1. The quantitative estimate of drug-likeness (QED) is 0.685. The van der Waals surface area contributed by atoms with Crippen LogP contribution < -0.4 is 10.1 Å². The van der Waals surface area contributed by atoms with Gasteiger partial charge in [-0.1, -0.05) is 24.3 Å². The van der Waals surface area contributed by atoms with Crippen LogP contribution in [0.15, 0.2) is 48.5 Å². The number of anilines is 1. The van der Waals surface area contributed by atoms with E-state index < -0.39 is 10.8 Å². The van der Waals surface area contributed by atoms with Gasteiger partial charge in [0, 0.05) is 5.69 Å². The number of nitro groups is 1. The first-order valence-electron chi connectivity index (χ1n) is 5.81. The number of rotatable bonds is 4. The van der Waals surface area contributed by atoms with E-state index in [-0.39, 0.29) is 17.0 Å². The number of hydrogen-bond acceptors (Lipinski definition) is 4. The molecule has 102 valence electrons. The Morgan fingerprint density at radius 2 is 1.85 bits per heavy atom. The van der Waals surface area contributed by atoms with Crippen molar-refractivity contribution in [3.05, 3.63) is 64.2 Å². The SMILES string of the molecule is COc1cccc(C(=O)Nc2ccccc2)c1[N+](=O)[O-]. The summed E-state index contributed by atoms with van der Waals surface area (Å²) in [4.78, 5) is 22.6. The van der Waals surface area contributed by atoms with Gasteiger partial charge in [0.15, 0.2) is 5.75 Å². The zero-order chi connectivity index (χ0) is 14.5. The monoisotopic (exact) mass is 272 g/mol. The van der Waals surface area contributed by atoms with Gasteiger partial charge in [-0.3, -0.25) is 14.9 Å². The Hall–Kier alpha value is -2.89. The molecule has 0 aliphatic rings. The first-order valence-corrected chi connectivity index (χ1v) is 5.81. The maximum absolute atomic E-state index is 12.1. The number of nitrogens with zero attached hydrogens (tertiary/aromatic N) is 1. The number of methoxy groups -OCH3 is 1. The molecule has 2 aromatic rings. The Bertz CT molecular complexity index is 641. The normalized spacial score (nSPS) is 9.85. The molecule has 0 aromatic heterocycles. The second kappa shape index (κ2) is 5.83. The Morgan fingerprint density at radius 3 is 2.45 bits per heavy atom. The van der Waals surface area contributed by atoms with Crippen molar-refractivity contribution in [3.8, 4) is 5.75 Å². The topological polar surface area (TPSA) is 81.5 Å². The molecule has 0 aliphatic heterocycles. The number of hydrogen-bond donors (Lipinski definition) is 1. The molecule has 0 aliphatic carbocycles. The van der Waals surface area contributed by atoms with E-state index in [1.165, 1.54) is 25.3 Å². The molecule has 1 N–H and O–H groups in total. The average molecular weight is 272 g/mol. The summed E-state index contributed by atoms with van der Waals surface area (Å²) in [6.07, 6.45) is 0. The summed E-state index contributed by atoms with van der Waals surface area (Å²) in [6, 6.07) is 13.1. The van der Waals surface area contributed by atoms with Gasteiger partial charge < -0.3 is 10.1 Å². The van der Waals surface area contributed by atoms with Crippen LogP contribution in [-0.2, 0) is 0 Å². The van der Waals surface area contributed by atoms with E-state index in [1.54, 1.807) is 24.3 Å². The molecule has 0 radical (unpaired) electrons.